The Hall–Kier alpha value is -1.07. The molecule has 0 radical (unpaired) electrons. The van der Waals surface area contributed by atoms with E-state index in [1.54, 1.807) is 4.90 Å². The third-order valence-electron chi connectivity index (χ3n) is 4.27. The molecule has 0 bridgehead atoms. The summed E-state index contributed by atoms with van der Waals surface area (Å²) in [7, 11) is 1.74. The Kier molecular flexibility index (Phi) is 4.84. The summed E-state index contributed by atoms with van der Waals surface area (Å²) in [6, 6.07) is 4.22. The third-order valence-corrected chi connectivity index (χ3v) is 5.51. The van der Waals surface area contributed by atoms with Crippen molar-refractivity contribution in [1.82, 2.24) is 0 Å². The molecule has 0 saturated carbocycles. The number of anilines is 1. The number of carbonyl (C=O) groups is 1. The zero-order valence-electron chi connectivity index (χ0n) is 14.3. The van der Waals surface area contributed by atoms with Crippen LogP contribution in [0.15, 0.2) is 12.1 Å². The number of carbonyl (C=O) groups excluding carboxylic acids is 1. The van der Waals surface area contributed by atoms with Crippen LogP contribution in [0.4, 0.5) is 5.69 Å². The predicted molar refractivity (Wildman–Crippen MR) is 94.7 cm³/mol. The topological polar surface area (TPSA) is 54.5 Å². The third kappa shape index (κ3) is 4.27. The van der Waals surface area contributed by atoms with Gasteiger partial charge in [-0.15, -0.1) is 0 Å². The summed E-state index contributed by atoms with van der Waals surface area (Å²) >= 11 is 0. The Morgan fingerprint density at radius 3 is 2.17 bits per heavy atom. The Bertz CT molecular complexity index is 712. The molecule has 1 amide bonds. The summed E-state index contributed by atoms with van der Waals surface area (Å²) in [4.78, 5) is 14.1. The molecular weight excluding hydrogens is 334 g/mol. The highest BCUT2D eigenvalue weighted by Gasteiger charge is 2.34. The maximum absolute atomic E-state index is 12.3. The molecule has 1 saturated heterocycles. The molecule has 1 aliphatic rings. The number of amides is 1. The maximum atomic E-state index is 12.3. The Labute approximate surface area is 143 Å². The standard InChI is InChI=1S/C17H24ClNO3S/c1-11-6-14(17(3,4)5)7-12(2)16(11)19-9-13(8-15(19)20)10-23(18,21)22/h6-7,13H,8-10H2,1-5H3. The Balaban J connectivity index is 2.34. The molecular formula is C17H24ClNO3S. The van der Waals surface area contributed by atoms with E-state index in [-0.39, 0.29) is 29.4 Å². The molecule has 128 valence electrons. The van der Waals surface area contributed by atoms with Crippen molar-refractivity contribution in [3.05, 3.63) is 28.8 Å². The van der Waals surface area contributed by atoms with Crippen LogP contribution in [0.2, 0.25) is 0 Å². The second-order valence-corrected chi connectivity index (χ2v) is 10.3. The lowest BCUT2D eigenvalue weighted by Gasteiger charge is -2.26. The van der Waals surface area contributed by atoms with Gasteiger partial charge in [-0.05, 0) is 36.0 Å². The maximum Gasteiger partial charge on any atom is 0.232 e. The molecule has 0 N–H and O–H groups in total. The van der Waals surface area contributed by atoms with Gasteiger partial charge in [-0.3, -0.25) is 4.79 Å². The zero-order chi connectivity index (χ0) is 17.6. The molecule has 1 unspecified atom stereocenters. The normalized spacial score (nSPS) is 19.5. The molecule has 1 aromatic carbocycles. The molecule has 1 fully saturated rings. The van der Waals surface area contributed by atoms with Crippen molar-refractivity contribution in [2.45, 2.75) is 46.5 Å². The minimum absolute atomic E-state index is 0.0370. The number of hydrogen-bond acceptors (Lipinski definition) is 3. The second-order valence-electron chi connectivity index (χ2n) is 7.49. The summed E-state index contributed by atoms with van der Waals surface area (Å²) in [5.74, 6) is -0.439. The molecule has 1 atom stereocenters. The molecule has 0 spiro atoms. The van der Waals surface area contributed by atoms with Crippen LogP contribution in [0.3, 0.4) is 0 Å². The van der Waals surface area contributed by atoms with Gasteiger partial charge in [-0.25, -0.2) is 8.42 Å². The minimum atomic E-state index is -3.59. The van der Waals surface area contributed by atoms with Crippen LogP contribution < -0.4 is 4.90 Å². The van der Waals surface area contributed by atoms with Gasteiger partial charge in [0.05, 0.1) is 5.75 Å². The van der Waals surface area contributed by atoms with Crippen molar-refractivity contribution < 1.29 is 13.2 Å². The van der Waals surface area contributed by atoms with Gasteiger partial charge in [0.1, 0.15) is 0 Å². The van der Waals surface area contributed by atoms with Gasteiger partial charge in [-0.1, -0.05) is 32.9 Å². The van der Waals surface area contributed by atoms with E-state index in [1.165, 1.54) is 5.56 Å². The van der Waals surface area contributed by atoms with Crippen LogP contribution in [0.5, 0.6) is 0 Å². The average molecular weight is 358 g/mol. The number of benzene rings is 1. The van der Waals surface area contributed by atoms with Gasteiger partial charge < -0.3 is 4.90 Å². The summed E-state index contributed by atoms with van der Waals surface area (Å²) in [5.41, 5.74) is 4.24. The summed E-state index contributed by atoms with van der Waals surface area (Å²) in [6.07, 6.45) is 0.228. The average Bonchev–Trinajstić information content (AvgIpc) is 2.65. The van der Waals surface area contributed by atoms with Crippen LogP contribution in [0.25, 0.3) is 0 Å². The molecule has 1 aromatic rings. The van der Waals surface area contributed by atoms with Crippen LogP contribution in [0.1, 0.15) is 43.9 Å². The van der Waals surface area contributed by atoms with E-state index in [2.05, 4.69) is 32.9 Å². The molecule has 4 nitrogen and oxygen atoms in total. The van der Waals surface area contributed by atoms with E-state index < -0.39 is 9.05 Å². The fourth-order valence-corrected chi connectivity index (χ4v) is 4.53. The van der Waals surface area contributed by atoms with Gasteiger partial charge in [-0.2, -0.15) is 0 Å². The van der Waals surface area contributed by atoms with Crippen LogP contribution in [-0.4, -0.2) is 26.6 Å². The first-order valence-corrected chi connectivity index (χ1v) is 10.2. The highest BCUT2D eigenvalue weighted by atomic mass is 35.7. The largest absolute Gasteiger partial charge is 0.312 e. The van der Waals surface area contributed by atoms with Gasteiger partial charge in [0.25, 0.3) is 0 Å². The lowest BCUT2D eigenvalue weighted by atomic mass is 9.84. The van der Waals surface area contributed by atoms with Gasteiger partial charge in [0.2, 0.25) is 15.0 Å². The first-order chi connectivity index (χ1) is 10.4. The van der Waals surface area contributed by atoms with E-state index in [0.29, 0.717) is 6.54 Å². The zero-order valence-corrected chi connectivity index (χ0v) is 15.9. The first kappa shape index (κ1) is 18.3. The van der Waals surface area contributed by atoms with Crippen molar-refractivity contribution in [1.29, 1.82) is 0 Å². The monoisotopic (exact) mass is 357 g/mol. The predicted octanol–water partition coefficient (Wildman–Crippen LogP) is 3.52. The molecule has 0 aliphatic carbocycles. The van der Waals surface area contributed by atoms with Crippen molar-refractivity contribution >= 4 is 31.3 Å². The fraction of sp³-hybridized carbons (Fsp3) is 0.588. The molecule has 23 heavy (non-hydrogen) atoms. The van der Waals surface area contributed by atoms with E-state index in [4.69, 9.17) is 10.7 Å². The van der Waals surface area contributed by atoms with Gasteiger partial charge >= 0.3 is 0 Å². The number of rotatable bonds is 3. The van der Waals surface area contributed by atoms with Crippen LogP contribution >= 0.6 is 10.7 Å². The van der Waals surface area contributed by atoms with Crippen molar-refractivity contribution in [3.8, 4) is 0 Å². The summed E-state index contributed by atoms with van der Waals surface area (Å²) in [6.45, 7) is 10.9. The van der Waals surface area contributed by atoms with E-state index in [0.717, 1.165) is 16.8 Å². The SMILES string of the molecule is Cc1cc(C(C)(C)C)cc(C)c1N1CC(CS(=O)(=O)Cl)CC1=O. The highest BCUT2D eigenvalue weighted by molar-refractivity contribution is 8.13. The first-order valence-electron chi connectivity index (χ1n) is 7.73. The van der Waals surface area contributed by atoms with Crippen molar-refractivity contribution in [3.63, 3.8) is 0 Å². The van der Waals surface area contributed by atoms with E-state index in [9.17, 15) is 13.2 Å². The quantitative estimate of drug-likeness (QED) is 0.778. The highest BCUT2D eigenvalue weighted by Crippen LogP contribution is 2.35. The summed E-state index contributed by atoms with van der Waals surface area (Å²) < 4.78 is 22.5. The smallest absolute Gasteiger partial charge is 0.232 e. The van der Waals surface area contributed by atoms with Gasteiger partial charge in [0, 0.05) is 35.3 Å². The van der Waals surface area contributed by atoms with Crippen LogP contribution in [-0.2, 0) is 19.3 Å². The lowest BCUT2D eigenvalue weighted by Crippen LogP contribution is -2.27. The molecule has 2 rings (SSSR count). The number of aryl methyl sites for hydroxylation is 2. The molecule has 6 heteroatoms. The van der Waals surface area contributed by atoms with Crippen molar-refractivity contribution in [2.75, 3.05) is 17.2 Å². The summed E-state index contributed by atoms with van der Waals surface area (Å²) in [5, 5.41) is 0. The van der Waals surface area contributed by atoms with Gasteiger partial charge in [0.15, 0.2) is 0 Å². The molecule has 1 heterocycles. The van der Waals surface area contributed by atoms with E-state index >= 15 is 0 Å². The van der Waals surface area contributed by atoms with Crippen LogP contribution in [0, 0.1) is 19.8 Å². The fourth-order valence-electron chi connectivity index (χ4n) is 3.21. The molecule has 1 aliphatic heterocycles. The lowest BCUT2D eigenvalue weighted by molar-refractivity contribution is -0.117. The Morgan fingerprint density at radius 1 is 1.22 bits per heavy atom. The number of hydrogen-bond donors (Lipinski definition) is 0. The number of halogens is 1. The minimum Gasteiger partial charge on any atom is -0.312 e. The van der Waals surface area contributed by atoms with E-state index in [1.807, 2.05) is 13.8 Å². The second kappa shape index (κ2) is 6.10. The number of nitrogens with zero attached hydrogens (tertiary/aromatic N) is 1. The van der Waals surface area contributed by atoms with Crippen molar-refractivity contribution in [2.24, 2.45) is 5.92 Å². The Morgan fingerprint density at radius 2 is 1.74 bits per heavy atom. The molecule has 0 aromatic heterocycles.